The van der Waals surface area contributed by atoms with E-state index >= 15 is 0 Å². The molecule has 0 saturated carbocycles. The van der Waals surface area contributed by atoms with Crippen LogP contribution in [0.15, 0.2) is 36.5 Å². The van der Waals surface area contributed by atoms with Gasteiger partial charge in [0.05, 0.1) is 0 Å². The summed E-state index contributed by atoms with van der Waals surface area (Å²) in [7, 11) is 0. The molecule has 1 unspecified atom stereocenters. The number of nitrogen functional groups attached to an aromatic ring is 1. The molecule has 20 heavy (non-hydrogen) atoms. The molecule has 1 fully saturated rings. The molecule has 0 spiro atoms. The lowest BCUT2D eigenvalue weighted by molar-refractivity contribution is 0.774. The van der Waals surface area contributed by atoms with Crippen LogP contribution in [0, 0.1) is 6.92 Å². The highest BCUT2D eigenvalue weighted by molar-refractivity contribution is 5.50. The predicted molar refractivity (Wildman–Crippen MR) is 80.6 cm³/mol. The van der Waals surface area contributed by atoms with Crippen LogP contribution in [0.4, 0.5) is 11.8 Å². The summed E-state index contributed by atoms with van der Waals surface area (Å²) in [6.07, 6.45) is 2.96. The molecule has 0 radical (unpaired) electrons. The third-order valence-corrected chi connectivity index (χ3v) is 3.83. The first kappa shape index (κ1) is 12.9. The van der Waals surface area contributed by atoms with Crippen LogP contribution in [-0.4, -0.2) is 23.1 Å². The number of rotatable bonds is 3. The molecule has 0 aliphatic carbocycles. The first-order chi connectivity index (χ1) is 9.78. The van der Waals surface area contributed by atoms with Crippen molar-refractivity contribution in [3.05, 3.63) is 47.7 Å². The molecule has 104 valence electrons. The second-order valence-corrected chi connectivity index (χ2v) is 5.19. The molecule has 1 aromatic heterocycles. The molecule has 2 aromatic rings. The Balaban J connectivity index is 1.80. The molecular formula is C15H19N5. The molecule has 3 rings (SSSR count). The highest BCUT2D eigenvalue weighted by Gasteiger charge is 2.25. The number of nitrogens with two attached hydrogens (primary N) is 1. The van der Waals surface area contributed by atoms with Gasteiger partial charge in [0.25, 0.3) is 0 Å². The monoisotopic (exact) mass is 269 g/mol. The average Bonchev–Trinajstić information content (AvgIpc) is 2.98. The number of anilines is 2. The van der Waals surface area contributed by atoms with Crippen LogP contribution in [-0.2, 0) is 0 Å². The van der Waals surface area contributed by atoms with E-state index in [1.165, 1.54) is 5.56 Å². The average molecular weight is 269 g/mol. The number of hydrazine groups is 1. The van der Waals surface area contributed by atoms with Crippen molar-refractivity contribution in [1.29, 1.82) is 0 Å². The van der Waals surface area contributed by atoms with E-state index in [2.05, 4.69) is 50.6 Å². The number of aryl methyl sites for hydroxylation is 1. The fourth-order valence-electron chi connectivity index (χ4n) is 2.77. The minimum absolute atomic E-state index is 0.466. The third-order valence-electron chi connectivity index (χ3n) is 3.83. The largest absolute Gasteiger partial charge is 0.356 e. The van der Waals surface area contributed by atoms with E-state index in [0.717, 1.165) is 30.9 Å². The molecule has 3 N–H and O–H groups in total. The van der Waals surface area contributed by atoms with Gasteiger partial charge in [-0.3, -0.25) is 5.43 Å². The van der Waals surface area contributed by atoms with Crippen molar-refractivity contribution in [3.63, 3.8) is 0 Å². The Hall–Kier alpha value is -2.14. The number of hydrogen-bond donors (Lipinski definition) is 2. The first-order valence-electron chi connectivity index (χ1n) is 6.88. The Labute approximate surface area is 118 Å². The molecule has 1 aliphatic rings. The number of benzene rings is 1. The molecule has 5 nitrogen and oxygen atoms in total. The van der Waals surface area contributed by atoms with Gasteiger partial charge in [-0.15, -0.1) is 0 Å². The van der Waals surface area contributed by atoms with Crippen LogP contribution in [0.2, 0.25) is 0 Å². The predicted octanol–water partition coefficient (Wildman–Crippen LogP) is 2.06. The summed E-state index contributed by atoms with van der Waals surface area (Å²) in [5.41, 5.74) is 5.00. The van der Waals surface area contributed by atoms with E-state index < -0.39 is 0 Å². The van der Waals surface area contributed by atoms with Crippen molar-refractivity contribution in [1.82, 2.24) is 9.97 Å². The van der Waals surface area contributed by atoms with Crippen molar-refractivity contribution in [2.45, 2.75) is 19.3 Å². The third kappa shape index (κ3) is 2.44. The van der Waals surface area contributed by atoms with Crippen molar-refractivity contribution in [2.24, 2.45) is 5.84 Å². The van der Waals surface area contributed by atoms with Gasteiger partial charge in [-0.1, -0.05) is 30.3 Å². The highest BCUT2D eigenvalue weighted by atomic mass is 15.3. The lowest BCUT2D eigenvalue weighted by Crippen LogP contribution is -2.23. The normalized spacial score (nSPS) is 18.3. The SMILES string of the molecule is Cc1cnc(NN)nc1N1CCC(c2ccccc2)C1. The number of nitrogens with one attached hydrogen (secondary N) is 1. The molecular weight excluding hydrogens is 250 g/mol. The summed E-state index contributed by atoms with van der Waals surface area (Å²) in [5.74, 6) is 7.41. The maximum atomic E-state index is 5.39. The summed E-state index contributed by atoms with van der Waals surface area (Å²) >= 11 is 0. The Morgan fingerprint density at radius 2 is 2.10 bits per heavy atom. The van der Waals surface area contributed by atoms with Gasteiger partial charge in [0.1, 0.15) is 5.82 Å². The zero-order valence-electron chi connectivity index (χ0n) is 11.6. The summed E-state index contributed by atoms with van der Waals surface area (Å²) in [5, 5.41) is 0. The van der Waals surface area contributed by atoms with Gasteiger partial charge in [-0.25, -0.2) is 10.8 Å². The van der Waals surface area contributed by atoms with E-state index in [1.807, 2.05) is 13.1 Å². The van der Waals surface area contributed by atoms with Crippen LogP contribution in [0.3, 0.4) is 0 Å². The summed E-state index contributed by atoms with van der Waals surface area (Å²) in [6, 6.07) is 10.7. The van der Waals surface area contributed by atoms with Gasteiger partial charge < -0.3 is 4.90 Å². The zero-order chi connectivity index (χ0) is 13.9. The van der Waals surface area contributed by atoms with E-state index in [9.17, 15) is 0 Å². The standard InChI is InChI=1S/C15H19N5/c1-11-9-17-15(19-16)18-14(11)20-8-7-13(10-20)12-5-3-2-4-6-12/h2-6,9,13H,7-8,10,16H2,1H3,(H,17,18,19). The lowest BCUT2D eigenvalue weighted by Gasteiger charge is -2.20. The Bertz CT molecular complexity index is 584. The number of nitrogens with zero attached hydrogens (tertiary/aromatic N) is 3. The van der Waals surface area contributed by atoms with E-state index in [4.69, 9.17) is 5.84 Å². The molecule has 5 heteroatoms. The minimum Gasteiger partial charge on any atom is -0.356 e. The van der Waals surface area contributed by atoms with Gasteiger partial charge in [0.2, 0.25) is 5.95 Å². The molecule has 2 heterocycles. The zero-order valence-corrected chi connectivity index (χ0v) is 11.6. The maximum Gasteiger partial charge on any atom is 0.239 e. The van der Waals surface area contributed by atoms with Crippen LogP contribution in [0.25, 0.3) is 0 Å². The molecule has 0 amide bonds. The summed E-state index contributed by atoms with van der Waals surface area (Å²) in [4.78, 5) is 10.9. The van der Waals surface area contributed by atoms with E-state index in [-0.39, 0.29) is 0 Å². The van der Waals surface area contributed by atoms with E-state index in [0.29, 0.717) is 11.9 Å². The fourth-order valence-corrected chi connectivity index (χ4v) is 2.77. The smallest absolute Gasteiger partial charge is 0.239 e. The fraction of sp³-hybridized carbons (Fsp3) is 0.333. The topological polar surface area (TPSA) is 67.1 Å². The molecule has 1 atom stereocenters. The van der Waals surface area contributed by atoms with Gasteiger partial charge in [0.15, 0.2) is 0 Å². The second-order valence-electron chi connectivity index (χ2n) is 5.19. The van der Waals surface area contributed by atoms with Crippen LogP contribution < -0.4 is 16.2 Å². The van der Waals surface area contributed by atoms with Gasteiger partial charge in [-0.2, -0.15) is 4.98 Å². The van der Waals surface area contributed by atoms with Gasteiger partial charge in [0, 0.05) is 30.8 Å². The number of hydrogen-bond acceptors (Lipinski definition) is 5. The number of aromatic nitrogens is 2. The van der Waals surface area contributed by atoms with Crippen molar-refractivity contribution in [2.75, 3.05) is 23.4 Å². The van der Waals surface area contributed by atoms with Crippen molar-refractivity contribution >= 4 is 11.8 Å². The Morgan fingerprint density at radius 3 is 2.85 bits per heavy atom. The van der Waals surface area contributed by atoms with Crippen LogP contribution in [0.1, 0.15) is 23.5 Å². The van der Waals surface area contributed by atoms with Gasteiger partial charge >= 0.3 is 0 Å². The summed E-state index contributed by atoms with van der Waals surface area (Å²) in [6.45, 7) is 4.04. The van der Waals surface area contributed by atoms with Crippen molar-refractivity contribution in [3.8, 4) is 0 Å². The first-order valence-corrected chi connectivity index (χ1v) is 6.88. The van der Waals surface area contributed by atoms with Gasteiger partial charge in [-0.05, 0) is 18.9 Å². The van der Waals surface area contributed by atoms with E-state index in [1.54, 1.807) is 0 Å². The summed E-state index contributed by atoms with van der Waals surface area (Å²) < 4.78 is 0. The molecule has 1 saturated heterocycles. The van der Waals surface area contributed by atoms with Crippen molar-refractivity contribution < 1.29 is 0 Å². The maximum absolute atomic E-state index is 5.39. The molecule has 1 aromatic carbocycles. The highest BCUT2D eigenvalue weighted by Crippen LogP contribution is 2.31. The second kappa shape index (κ2) is 5.46. The Kier molecular flexibility index (Phi) is 3.52. The molecule has 1 aliphatic heterocycles. The molecule has 0 bridgehead atoms. The minimum atomic E-state index is 0.466. The van der Waals surface area contributed by atoms with Crippen LogP contribution >= 0.6 is 0 Å². The lowest BCUT2D eigenvalue weighted by atomic mass is 9.99. The van der Waals surface area contributed by atoms with Crippen LogP contribution in [0.5, 0.6) is 0 Å². The quantitative estimate of drug-likeness (QED) is 0.659. The Morgan fingerprint density at radius 1 is 1.30 bits per heavy atom.